The maximum absolute atomic E-state index is 14.7. The quantitative estimate of drug-likeness (QED) is 0.382. The van der Waals surface area contributed by atoms with Gasteiger partial charge in [0.25, 0.3) is 0 Å². The Kier molecular flexibility index (Phi) is 8.85. The number of ether oxygens (including phenoxy) is 2. The highest BCUT2D eigenvalue weighted by Crippen LogP contribution is 2.44. The summed E-state index contributed by atoms with van der Waals surface area (Å²) in [5.74, 6) is 1.58. The fourth-order valence-corrected chi connectivity index (χ4v) is 6.64. The molecule has 0 spiro atoms. The molecule has 0 aromatic heterocycles. The predicted molar refractivity (Wildman–Crippen MR) is 130 cm³/mol. The summed E-state index contributed by atoms with van der Waals surface area (Å²) in [6, 6.07) is 3.26. The molecular formula is C29H42F2O2. The lowest BCUT2D eigenvalue weighted by atomic mass is 9.68. The van der Waals surface area contributed by atoms with Gasteiger partial charge in [-0.15, -0.1) is 0 Å². The molecule has 4 rings (SSSR count). The molecule has 0 amide bonds. The maximum atomic E-state index is 14.7. The third kappa shape index (κ3) is 5.99. The van der Waals surface area contributed by atoms with Gasteiger partial charge in [-0.25, -0.2) is 4.39 Å². The molecule has 0 bridgehead atoms. The Labute approximate surface area is 199 Å². The zero-order valence-corrected chi connectivity index (χ0v) is 20.5. The van der Waals surface area contributed by atoms with Gasteiger partial charge < -0.3 is 9.47 Å². The average molecular weight is 461 g/mol. The van der Waals surface area contributed by atoms with Crippen molar-refractivity contribution in [2.24, 2.45) is 23.7 Å². The van der Waals surface area contributed by atoms with E-state index in [9.17, 15) is 8.78 Å². The van der Waals surface area contributed by atoms with E-state index < -0.39 is 11.6 Å². The molecule has 1 aromatic rings. The first-order valence-corrected chi connectivity index (χ1v) is 13.5. The van der Waals surface area contributed by atoms with Crippen molar-refractivity contribution in [1.82, 2.24) is 0 Å². The van der Waals surface area contributed by atoms with Crippen molar-refractivity contribution in [2.75, 3.05) is 13.2 Å². The molecule has 0 N–H and O–H groups in total. The molecule has 2 nitrogen and oxygen atoms in total. The topological polar surface area (TPSA) is 18.5 Å². The van der Waals surface area contributed by atoms with E-state index in [1.54, 1.807) is 12.1 Å². The second-order valence-corrected chi connectivity index (χ2v) is 10.7. The molecule has 2 atom stereocenters. The molecule has 2 aliphatic carbocycles. The highest BCUT2D eigenvalue weighted by atomic mass is 19.2. The van der Waals surface area contributed by atoms with Crippen molar-refractivity contribution in [3.63, 3.8) is 0 Å². The van der Waals surface area contributed by atoms with Gasteiger partial charge in [-0.2, -0.15) is 4.39 Å². The summed E-state index contributed by atoms with van der Waals surface area (Å²) < 4.78 is 40.7. The van der Waals surface area contributed by atoms with Gasteiger partial charge in [0, 0.05) is 5.92 Å². The van der Waals surface area contributed by atoms with Crippen LogP contribution in [0.25, 0.3) is 0 Å². The lowest BCUT2D eigenvalue weighted by molar-refractivity contribution is -0.0467. The van der Waals surface area contributed by atoms with Gasteiger partial charge >= 0.3 is 0 Å². The number of halogens is 2. The van der Waals surface area contributed by atoms with Crippen LogP contribution in [-0.2, 0) is 4.74 Å². The van der Waals surface area contributed by atoms with Crippen LogP contribution in [0.1, 0.15) is 96.0 Å². The van der Waals surface area contributed by atoms with E-state index in [2.05, 4.69) is 19.1 Å². The number of allylic oxidation sites excluding steroid dienone is 2. The second-order valence-electron chi connectivity index (χ2n) is 10.7. The zero-order chi connectivity index (χ0) is 23.2. The number of rotatable bonds is 7. The Morgan fingerprint density at radius 2 is 1.55 bits per heavy atom. The van der Waals surface area contributed by atoms with Crippen LogP contribution in [0.3, 0.4) is 0 Å². The number of hydrogen-bond acceptors (Lipinski definition) is 2. The lowest BCUT2D eigenvalue weighted by Crippen LogP contribution is -2.35. The summed E-state index contributed by atoms with van der Waals surface area (Å²) in [4.78, 5) is 0. The molecule has 0 radical (unpaired) electrons. The van der Waals surface area contributed by atoms with Crippen LogP contribution in [0, 0.1) is 35.3 Å². The lowest BCUT2D eigenvalue weighted by Gasteiger charge is -2.41. The van der Waals surface area contributed by atoms with Crippen molar-refractivity contribution in [1.29, 1.82) is 0 Å². The molecule has 1 saturated heterocycles. The molecule has 33 heavy (non-hydrogen) atoms. The van der Waals surface area contributed by atoms with Crippen LogP contribution in [0.2, 0.25) is 0 Å². The molecule has 3 aliphatic rings. The SMILES string of the molecule is CC=CC1CCC(C2CCC(C3CCC(c4ccc(OCCC)c(F)c4F)CO3)CC2)CC1. The standard InChI is InChI=1S/C29H42F2O2/c1-3-5-20-6-8-21(9-7-20)22-10-12-23(13-11-22)26-16-14-24(19-33-26)25-15-17-27(32-18-4-2)29(31)28(25)30/h3,5,15,17,20-24,26H,4,6-14,16,18-19H2,1-2H3. The minimum absolute atomic E-state index is 0.0137. The monoisotopic (exact) mass is 460 g/mol. The average Bonchev–Trinajstić information content (AvgIpc) is 2.86. The molecule has 2 unspecified atom stereocenters. The molecule has 1 heterocycles. The van der Waals surface area contributed by atoms with Crippen molar-refractivity contribution >= 4 is 0 Å². The van der Waals surface area contributed by atoms with Gasteiger partial charge in [0.15, 0.2) is 11.6 Å². The normalized spacial score (nSPS) is 33.3. The van der Waals surface area contributed by atoms with Crippen LogP contribution in [0.4, 0.5) is 8.78 Å². The van der Waals surface area contributed by atoms with E-state index in [1.807, 2.05) is 6.92 Å². The van der Waals surface area contributed by atoms with Crippen LogP contribution < -0.4 is 4.74 Å². The Morgan fingerprint density at radius 1 is 0.879 bits per heavy atom. The largest absolute Gasteiger partial charge is 0.490 e. The van der Waals surface area contributed by atoms with Crippen molar-refractivity contribution in [3.8, 4) is 5.75 Å². The van der Waals surface area contributed by atoms with Crippen molar-refractivity contribution in [2.45, 2.75) is 96.5 Å². The fraction of sp³-hybridized carbons (Fsp3) is 0.724. The molecule has 184 valence electrons. The fourth-order valence-electron chi connectivity index (χ4n) is 6.64. The molecule has 1 aromatic carbocycles. The summed E-state index contributed by atoms with van der Waals surface area (Å²) in [5.41, 5.74) is 0.437. The van der Waals surface area contributed by atoms with Gasteiger partial charge in [-0.3, -0.25) is 0 Å². The van der Waals surface area contributed by atoms with Gasteiger partial charge in [0.1, 0.15) is 0 Å². The van der Waals surface area contributed by atoms with E-state index in [0.29, 0.717) is 24.7 Å². The van der Waals surface area contributed by atoms with E-state index in [1.165, 1.54) is 51.4 Å². The van der Waals surface area contributed by atoms with Crippen LogP contribution in [0.15, 0.2) is 24.3 Å². The summed E-state index contributed by atoms with van der Waals surface area (Å²) in [5, 5.41) is 0. The number of benzene rings is 1. The third-order valence-electron chi connectivity index (χ3n) is 8.58. The summed E-state index contributed by atoms with van der Waals surface area (Å²) in [6.07, 6.45) is 18.2. The molecule has 2 saturated carbocycles. The highest BCUT2D eigenvalue weighted by Gasteiger charge is 2.36. The van der Waals surface area contributed by atoms with E-state index in [4.69, 9.17) is 9.47 Å². The number of hydrogen-bond donors (Lipinski definition) is 0. The van der Waals surface area contributed by atoms with E-state index >= 15 is 0 Å². The van der Waals surface area contributed by atoms with Gasteiger partial charge in [-0.05, 0) is 113 Å². The minimum atomic E-state index is -0.860. The first-order valence-electron chi connectivity index (χ1n) is 13.5. The van der Waals surface area contributed by atoms with Gasteiger partial charge in [0.05, 0.1) is 19.3 Å². The molecular weight excluding hydrogens is 418 g/mol. The van der Waals surface area contributed by atoms with Crippen LogP contribution in [-0.4, -0.2) is 19.3 Å². The van der Waals surface area contributed by atoms with Crippen LogP contribution >= 0.6 is 0 Å². The molecule has 1 aliphatic heterocycles. The first-order chi connectivity index (χ1) is 16.1. The smallest absolute Gasteiger partial charge is 0.200 e. The van der Waals surface area contributed by atoms with Crippen molar-refractivity contribution < 1.29 is 18.3 Å². The third-order valence-corrected chi connectivity index (χ3v) is 8.58. The Hall–Kier alpha value is -1.42. The van der Waals surface area contributed by atoms with Crippen LogP contribution in [0.5, 0.6) is 5.75 Å². The second kappa shape index (κ2) is 11.8. The van der Waals surface area contributed by atoms with Gasteiger partial charge in [-0.1, -0.05) is 25.1 Å². The molecule has 4 heteroatoms. The Morgan fingerprint density at radius 3 is 2.15 bits per heavy atom. The molecule has 3 fully saturated rings. The Balaban J connectivity index is 1.24. The maximum Gasteiger partial charge on any atom is 0.200 e. The summed E-state index contributed by atoms with van der Waals surface area (Å²) in [6.45, 7) is 4.97. The Bertz CT molecular complexity index is 768. The summed E-state index contributed by atoms with van der Waals surface area (Å²) in [7, 11) is 0. The van der Waals surface area contributed by atoms with Crippen molar-refractivity contribution in [3.05, 3.63) is 41.5 Å². The van der Waals surface area contributed by atoms with E-state index in [-0.39, 0.29) is 17.8 Å². The van der Waals surface area contributed by atoms with Gasteiger partial charge in [0.2, 0.25) is 5.82 Å². The summed E-state index contributed by atoms with van der Waals surface area (Å²) >= 11 is 0. The zero-order valence-electron chi connectivity index (χ0n) is 20.5. The minimum Gasteiger partial charge on any atom is -0.490 e. The highest BCUT2D eigenvalue weighted by molar-refractivity contribution is 5.33. The first kappa shape index (κ1) is 24.7. The van der Waals surface area contributed by atoms with E-state index in [0.717, 1.165) is 37.0 Å². The predicted octanol–water partition coefficient (Wildman–Crippen LogP) is 8.21.